The minimum absolute atomic E-state index is 0.189. The molecule has 1 N–H and O–H groups in total. The summed E-state index contributed by atoms with van der Waals surface area (Å²) in [5.74, 6) is -0.189. The summed E-state index contributed by atoms with van der Waals surface area (Å²) in [5.41, 5.74) is 1.63. The number of benzene rings is 1. The predicted octanol–water partition coefficient (Wildman–Crippen LogP) is 3.91. The molecule has 0 aromatic heterocycles. The van der Waals surface area contributed by atoms with Crippen LogP contribution in [0, 0.1) is 11.2 Å². The van der Waals surface area contributed by atoms with Gasteiger partial charge in [-0.15, -0.1) is 0 Å². The summed E-state index contributed by atoms with van der Waals surface area (Å²) in [6.45, 7) is 5.46. The Hall–Kier alpha value is -0.410. The molecule has 2 rings (SSSR count). The van der Waals surface area contributed by atoms with Crippen molar-refractivity contribution in [1.29, 1.82) is 0 Å². The zero-order valence-corrected chi connectivity index (χ0v) is 12.0. The minimum atomic E-state index is -0.189. The first kappa shape index (κ1) is 13.0. The van der Waals surface area contributed by atoms with Crippen LogP contribution >= 0.6 is 15.9 Å². The van der Waals surface area contributed by atoms with Gasteiger partial charge in [-0.1, -0.05) is 19.9 Å². The fourth-order valence-electron chi connectivity index (χ4n) is 2.26. The fourth-order valence-corrected chi connectivity index (χ4v) is 2.69. The minimum Gasteiger partial charge on any atom is -0.313 e. The molecule has 94 valence electrons. The van der Waals surface area contributed by atoms with Gasteiger partial charge in [-0.3, -0.25) is 0 Å². The van der Waals surface area contributed by atoms with Crippen LogP contribution in [0.25, 0.3) is 0 Å². The lowest BCUT2D eigenvalue weighted by Crippen LogP contribution is -2.38. The quantitative estimate of drug-likeness (QED) is 0.869. The zero-order valence-electron chi connectivity index (χ0n) is 10.4. The molecule has 0 spiro atoms. The lowest BCUT2D eigenvalue weighted by atomic mass is 9.92. The number of hydrogen-bond acceptors (Lipinski definition) is 1. The number of rotatable bonds is 5. The van der Waals surface area contributed by atoms with Crippen molar-refractivity contribution in [3.8, 4) is 0 Å². The van der Waals surface area contributed by atoms with Crippen molar-refractivity contribution in [2.45, 2.75) is 39.2 Å². The van der Waals surface area contributed by atoms with E-state index in [0.717, 1.165) is 13.0 Å². The second kappa shape index (κ2) is 5.07. The van der Waals surface area contributed by atoms with Gasteiger partial charge >= 0.3 is 0 Å². The van der Waals surface area contributed by atoms with E-state index >= 15 is 0 Å². The van der Waals surface area contributed by atoms with Crippen LogP contribution in [0.1, 0.15) is 32.3 Å². The molecular weight excluding hydrogens is 281 g/mol. The summed E-state index contributed by atoms with van der Waals surface area (Å²) in [7, 11) is 0. The van der Waals surface area contributed by atoms with Crippen LogP contribution in [0.2, 0.25) is 0 Å². The molecule has 0 aliphatic heterocycles. The maximum Gasteiger partial charge on any atom is 0.137 e. The summed E-state index contributed by atoms with van der Waals surface area (Å²) in [6.07, 6.45) is 3.57. The van der Waals surface area contributed by atoms with Crippen LogP contribution in [0.5, 0.6) is 0 Å². The largest absolute Gasteiger partial charge is 0.313 e. The van der Waals surface area contributed by atoms with Crippen molar-refractivity contribution in [3.63, 3.8) is 0 Å². The number of hydrogen-bond donors (Lipinski definition) is 1. The van der Waals surface area contributed by atoms with Crippen LogP contribution < -0.4 is 5.32 Å². The molecule has 17 heavy (non-hydrogen) atoms. The molecule has 0 radical (unpaired) electrons. The molecular formula is C14H19BrFN. The van der Waals surface area contributed by atoms with Gasteiger partial charge in [0.15, 0.2) is 0 Å². The fraction of sp³-hybridized carbons (Fsp3) is 0.571. The van der Waals surface area contributed by atoms with Crippen LogP contribution in [0.15, 0.2) is 22.7 Å². The summed E-state index contributed by atoms with van der Waals surface area (Å²) in [5, 5.41) is 3.56. The maximum atomic E-state index is 13.2. The number of halogens is 2. The normalized spacial score (nSPS) is 19.1. The third-order valence-electron chi connectivity index (χ3n) is 3.75. The first-order valence-corrected chi connectivity index (χ1v) is 7.02. The summed E-state index contributed by atoms with van der Waals surface area (Å²) >= 11 is 3.25. The highest BCUT2D eigenvalue weighted by Crippen LogP contribution is 2.49. The molecule has 1 atom stereocenters. The first-order valence-electron chi connectivity index (χ1n) is 6.22. The zero-order chi connectivity index (χ0) is 12.5. The molecule has 0 heterocycles. The van der Waals surface area contributed by atoms with Gasteiger partial charge < -0.3 is 5.32 Å². The Labute approximate surface area is 111 Å². The van der Waals surface area contributed by atoms with Gasteiger partial charge in [0, 0.05) is 6.04 Å². The molecule has 0 saturated heterocycles. The molecule has 1 aromatic rings. The van der Waals surface area contributed by atoms with Gasteiger partial charge in [0.2, 0.25) is 0 Å². The highest BCUT2D eigenvalue weighted by Gasteiger charge is 2.44. The summed E-state index contributed by atoms with van der Waals surface area (Å²) < 4.78 is 13.7. The van der Waals surface area contributed by atoms with Crippen LogP contribution in [-0.2, 0) is 6.42 Å². The van der Waals surface area contributed by atoms with Gasteiger partial charge in [-0.2, -0.15) is 0 Å². The highest BCUT2D eigenvalue weighted by molar-refractivity contribution is 9.10. The van der Waals surface area contributed by atoms with Crippen LogP contribution in [0.4, 0.5) is 4.39 Å². The van der Waals surface area contributed by atoms with Crippen molar-refractivity contribution in [1.82, 2.24) is 5.32 Å². The average Bonchev–Trinajstić information content (AvgIpc) is 3.03. The molecule has 1 nitrogen and oxygen atoms in total. The van der Waals surface area contributed by atoms with Crippen LogP contribution in [-0.4, -0.2) is 12.6 Å². The van der Waals surface area contributed by atoms with E-state index in [0.29, 0.717) is 15.9 Å². The summed E-state index contributed by atoms with van der Waals surface area (Å²) in [4.78, 5) is 0. The second-order valence-corrected chi connectivity index (χ2v) is 6.07. The number of likely N-dealkylation sites (N-methyl/N-ethyl adjacent to an activating group) is 1. The Morgan fingerprint density at radius 2 is 2.18 bits per heavy atom. The lowest BCUT2D eigenvalue weighted by molar-refractivity contribution is 0.360. The van der Waals surface area contributed by atoms with E-state index in [2.05, 4.69) is 35.1 Å². The molecule has 1 aliphatic rings. The molecule has 1 aromatic carbocycles. The Kier molecular flexibility index (Phi) is 3.88. The highest BCUT2D eigenvalue weighted by atomic mass is 79.9. The van der Waals surface area contributed by atoms with Crippen molar-refractivity contribution >= 4 is 15.9 Å². The SMILES string of the molecule is CCNC(Cc1ccc(F)c(Br)c1)C1(C)CC1. The van der Waals surface area contributed by atoms with E-state index < -0.39 is 0 Å². The monoisotopic (exact) mass is 299 g/mol. The van der Waals surface area contributed by atoms with E-state index in [9.17, 15) is 4.39 Å². The van der Waals surface area contributed by atoms with Crippen LogP contribution in [0.3, 0.4) is 0 Å². The van der Waals surface area contributed by atoms with E-state index in [1.165, 1.54) is 24.5 Å². The Bertz CT molecular complexity index is 401. The van der Waals surface area contributed by atoms with Gasteiger partial charge in [0.05, 0.1) is 4.47 Å². The Morgan fingerprint density at radius 1 is 1.47 bits per heavy atom. The number of nitrogens with one attached hydrogen (secondary N) is 1. The Balaban J connectivity index is 2.09. The Morgan fingerprint density at radius 3 is 2.71 bits per heavy atom. The average molecular weight is 300 g/mol. The molecule has 3 heteroatoms. The van der Waals surface area contributed by atoms with Gasteiger partial charge in [0.25, 0.3) is 0 Å². The molecule has 1 aliphatic carbocycles. The van der Waals surface area contributed by atoms with Gasteiger partial charge in [-0.25, -0.2) is 4.39 Å². The van der Waals surface area contributed by atoms with E-state index in [4.69, 9.17) is 0 Å². The van der Waals surface area contributed by atoms with E-state index in [1.807, 2.05) is 12.1 Å². The first-order chi connectivity index (χ1) is 8.05. The smallest absolute Gasteiger partial charge is 0.137 e. The van der Waals surface area contributed by atoms with Crippen molar-refractivity contribution in [2.24, 2.45) is 5.41 Å². The molecule has 0 amide bonds. The van der Waals surface area contributed by atoms with Gasteiger partial charge in [0.1, 0.15) is 5.82 Å². The van der Waals surface area contributed by atoms with E-state index in [-0.39, 0.29) is 5.82 Å². The van der Waals surface area contributed by atoms with Crippen molar-refractivity contribution in [2.75, 3.05) is 6.54 Å². The van der Waals surface area contributed by atoms with Crippen molar-refractivity contribution < 1.29 is 4.39 Å². The topological polar surface area (TPSA) is 12.0 Å². The van der Waals surface area contributed by atoms with Crippen molar-refractivity contribution in [3.05, 3.63) is 34.1 Å². The van der Waals surface area contributed by atoms with E-state index in [1.54, 1.807) is 0 Å². The standard InChI is InChI=1S/C14H19BrFN/c1-3-17-13(14(2)6-7-14)9-10-4-5-12(16)11(15)8-10/h4-5,8,13,17H,3,6-7,9H2,1-2H3. The second-order valence-electron chi connectivity index (χ2n) is 5.22. The predicted molar refractivity (Wildman–Crippen MR) is 72.6 cm³/mol. The lowest BCUT2D eigenvalue weighted by Gasteiger charge is -2.24. The third kappa shape index (κ3) is 3.08. The molecule has 1 unspecified atom stereocenters. The molecule has 1 saturated carbocycles. The molecule has 0 bridgehead atoms. The maximum absolute atomic E-state index is 13.2. The molecule has 1 fully saturated rings. The third-order valence-corrected chi connectivity index (χ3v) is 4.36. The van der Waals surface area contributed by atoms with Gasteiger partial charge in [-0.05, 0) is 64.8 Å². The summed E-state index contributed by atoms with van der Waals surface area (Å²) in [6, 6.07) is 5.82.